The zero-order valence-electron chi connectivity index (χ0n) is 12.1. The smallest absolute Gasteiger partial charge is 0.248 e. The summed E-state index contributed by atoms with van der Waals surface area (Å²) in [6.07, 6.45) is 5.59. The lowest BCUT2D eigenvalue weighted by Crippen LogP contribution is -2.57. The molecular formula is C14H24N2O2S. The van der Waals surface area contributed by atoms with E-state index in [-0.39, 0.29) is 17.9 Å². The van der Waals surface area contributed by atoms with E-state index in [4.69, 9.17) is 0 Å². The van der Waals surface area contributed by atoms with Crippen molar-refractivity contribution in [3.8, 4) is 0 Å². The molecule has 5 heteroatoms. The number of thioether (sulfide) groups is 1. The third kappa shape index (κ3) is 3.07. The summed E-state index contributed by atoms with van der Waals surface area (Å²) in [7, 11) is 0. The summed E-state index contributed by atoms with van der Waals surface area (Å²) < 4.78 is 0. The highest BCUT2D eigenvalue weighted by Crippen LogP contribution is 2.41. The van der Waals surface area contributed by atoms with Crippen LogP contribution in [0.4, 0.5) is 0 Å². The van der Waals surface area contributed by atoms with Crippen molar-refractivity contribution in [2.45, 2.75) is 51.1 Å². The second kappa shape index (κ2) is 5.73. The molecule has 2 aliphatic rings. The van der Waals surface area contributed by atoms with Gasteiger partial charge < -0.3 is 10.2 Å². The minimum absolute atomic E-state index is 0.00920. The van der Waals surface area contributed by atoms with Gasteiger partial charge >= 0.3 is 0 Å². The molecule has 1 aliphatic heterocycles. The number of carbonyl (C=O) groups is 2. The number of carbonyl (C=O) groups excluding carboxylic acids is 2. The maximum atomic E-state index is 12.8. The fourth-order valence-electron chi connectivity index (χ4n) is 2.91. The predicted molar refractivity (Wildman–Crippen MR) is 78.1 cm³/mol. The van der Waals surface area contributed by atoms with Crippen molar-refractivity contribution in [2.75, 3.05) is 18.6 Å². The number of hydrogen-bond donors (Lipinski definition) is 1. The van der Waals surface area contributed by atoms with Crippen LogP contribution < -0.4 is 5.32 Å². The lowest BCUT2D eigenvalue weighted by Gasteiger charge is -2.34. The number of nitrogens with one attached hydrogen (secondary N) is 1. The van der Waals surface area contributed by atoms with Crippen LogP contribution in [0.3, 0.4) is 0 Å². The highest BCUT2D eigenvalue weighted by Gasteiger charge is 2.52. The summed E-state index contributed by atoms with van der Waals surface area (Å²) in [6, 6.07) is 0.00920. The summed E-state index contributed by atoms with van der Waals surface area (Å²) in [6.45, 7) is 4.65. The van der Waals surface area contributed by atoms with Crippen LogP contribution in [0.25, 0.3) is 0 Å². The fourth-order valence-corrected chi connectivity index (χ4v) is 3.33. The first kappa shape index (κ1) is 14.7. The monoisotopic (exact) mass is 284 g/mol. The van der Waals surface area contributed by atoms with Crippen molar-refractivity contribution in [3.63, 3.8) is 0 Å². The molecule has 1 N–H and O–H groups in total. The van der Waals surface area contributed by atoms with Crippen LogP contribution in [0.15, 0.2) is 0 Å². The molecule has 0 radical (unpaired) electrons. The van der Waals surface area contributed by atoms with Crippen LogP contribution in [0, 0.1) is 5.92 Å². The standard InChI is InChI=1S/C14H24N2O2S/c1-10-9-12(17)15-14(2,11-5-6-11)13(18)16(10)7-4-8-19-3/h10-11H,4-9H2,1-3H3,(H,15,17). The van der Waals surface area contributed by atoms with Gasteiger partial charge in [-0.3, -0.25) is 9.59 Å². The van der Waals surface area contributed by atoms with Gasteiger partial charge in [-0.15, -0.1) is 0 Å². The van der Waals surface area contributed by atoms with Gasteiger partial charge in [0.15, 0.2) is 0 Å². The topological polar surface area (TPSA) is 49.4 Å². The molecule has 2 atom stereocenters. The Morgan fingerprint density at radius 2 is 2.11 bits per heavy atom. The van der Waals surface area contributed by atoms with Crippen LogP contribution in [0.5, 0.6) is 0 Å². The van der Waals surface area contributed by atoms with Gasteiger partial charge in [0.25, 0.3) is 0 Å². The Balaban J connectivity index is 2.14. The van der Waals surface area contributed by atoms with Crippen LogP contribution in [0.2, 0.25) is 0 Å². The third-order valence-corrected chi connectivity index (χ3v) is 4.96. The maximum Gasteiger partial charge on any atom is 0.248 e. The van der Waals surface area contributed by atoms with Crippen LogP contribution in [-0.4, -0.2) is 46.8 Å². The molecule has 0 spiro atoms. The molecule has 0 aromatic carbocycles. The highest BCUT2D eigenvalue weighted by molar-refractivity contribution is 7.98. The summed E-state index contributed by atoms with van der Waals surface area (Å²) in [5, 5.41) is 2.98. The average molecular weight is 284 g/mol. The van der Waals surface area contributed by atoms with Crippen LogP contribution >= 0.6 is 11.8 Å². The van der Waals surface area contributed by atoms with Crippen molar-refractivity contribution >= 4 is 23.6 Å². The molecule has 1 saturated carbocycles. The minimum Gasteiger partial charge on any atom is -0.342 e. The normalized spacial score (nSPS) is 32.2. The van der Waals surface area contributed by atoms with Crippen molar-refractivity contribution in [1.82, 2.24) is 10.2 Å². The average Bonchev–Trinajstić information content (AvgIpc) is 3.16. The molecule has 1 saturated heterocycles. The molecule has 0 aromatic heterocycles. The van der Waals surface area contributed by atoms with Gasteiger partial charge in [-0.2, -0.15) is 11.8 Å². The zero-order chi connectivity index (χ0) is 14.0. The van der Waals surface area contributed by atoms with E-state index in [1.807, 2.05) is 18.7 Å². The van der Waals surface area contributed by atoms with Gasteiger partial charge in [0.05, 0.1) is 0 Å². The Kier molecular flexibility index (Phi) is 4.43. The van der Waals surface area contributed by atoms with E-state index in [2.05, 4.69) is 11.6 Å². The van der Waals surface area contributed by atoms with E-state index in [0.29, 0.717) is 12.3 Å². The van der Waals surface area contributed by atoms with Gasteiger partial charge in [0.1, 0.15) is 5.54 Å². The Morgan fingerprint density at radius 1 is 1.42 bits per heavy atom. The predicted octanol–water partition coefficient (Wildman–Crippen LogP) is 1.65. The van der Waals surface area contributed by atoms with E-state index < -0.39 is 5.54 Å². The van der Waals surface area contributed by atoms with Crippen LogP contribution in [0.1, 0.15) is 39.5 Å². The van der Waals surface area contributed by atoms with Crippen LogP contribution in [-0.2, 0) is 9.59 Å². The van der Waals surface area contributed by atoms with E-state index in [1.165, 1.54) is 0 Å². The molecule has 2 rings (SSSR count). The SMILES string of the molecule is CSCCCN1C(=O)C(C)(C2CC2)NC(=O)CC1C. The van der Waals surface area contributed by atoms with Crippen molar-refractivity contribution in [1.29, 1.82) is 0 Å². The van der Waals surface area contributed by atoms with Gasteiger partial charge in [-0.25, -0.2) is 0 Å². The van der Waals surface area contributed by atoms with Crippen molar-refractivity contribution in [3.05, 3.63) is 0 Å². The lowest BCUT2D eigenvalue weighted by molar-refractivity contribution is -0.140. The molecule has 19 heavy (non-hydrogen) atoms. The van der Waals surface area contributed by atoms with E-state index in [1.54, 1.807) is 11.8 Å². The fraction of sp³-hybridized carbons (Fsp3) is 0.857. The van der Waals surface area contributed by atoms with Gasteiger partial charge in [0.2, 0.25) is 11.8 Å². The molecule has 0 aromatic rings. The molecule has 2 unspecified atom stereocenters. The molecular weight excluding hydrogens is 260 g/mol. The summed E-state index contributed by atoms with van der Waals surface area (Å²) >= 11 is 1.80. The Morgan fingerprint density at radius 3 is 2.68 bits per heavy atom. The molecule has 2 fully saturated rings. The molecule has 2 amide bonds. The first-order valence-corrected chi connectivity index (χ1v) is 8.49. The molecule has 108 valence electrons. The number of amides is 2. The Labute approximate surface area is 119 Å². The summed E-state index contributed by atoms with van der Waals surface area (Å²) in [5.74, 6) is 1.52. The lowest BCUT2D eigenvalue weighted by atomic mass is 9.94. The second-order valence-corrected chi connectivity index (χ2v) is 6.91. The van der Waals surface area contributed by atoms with E-state index in [9.17, 15) is 9.59 Å². The molecule has 0 bridgehead atoms. The molecule has 4 nitrogen and oxygen atoms in total. The van der Waals surface area contributed by atoms with Gasteiger partial charge in [-0.05, 0) is 51.0 Å². The summed E-state index contributed by atoms with van der Waals surface area (Å²) in [4.78, 5) is 26.7. The van der Waals surface area contributed by atoms with E-state index in [0.717, 1.165) is 31.6 Å². The minimum atomic E-state index is -0.665. The number of hydrogen-bond acceptors (Lipinski definition) is 3. The second-order valence-electron chi connectivity index (χ2n) is 5.92. The van der Waals surface area contributed by atoms with E-state index >= 15 is 0 Å². The van der Waals surface area contributed by atoms with Gasteiger partial charge in [0, 0.05) is 19.0 Å². The quantitative estimate of drug-likeness (QED) is 0.781. The zero-order valence-corrected chi connectivity index (χ0v) is 12.9. The molecule has 1 heterocycles. The molecule has 1 aliphatic carbocycles. The Bertz CT molecular complexity index is 370. The Hall–Kier alpha value is -0.710. The van der Waals surface area contributed by atoms with Gasteiger partial charge in [-0.1, -0.05) is 0 Å². The first-order chi connectivity index (χ1) is 8.99. The largest absolute Gasteiger partial charge is 0.342 e. The third-order valence-electron chi connectivity index (χ3n) is 4.26. The number of nitrogens with zero attached hydrogens (tertiary/aromatic N) is 1. The van der Waals surface area contributed by atoms with Crippen molar-refractivity contribution in [2.24, 2.45) is 5.92 Å². The first-order valence-electron chi connectivity index (χ1n) is 7.10. The maximum absolute atomic E-state index is 12.8. The van der Waals surface area contributed by atoms with Crippen molar-refractivity contribution < 1.29 is 9.59 Å². The summed E-state index contributed by atoms with van der Waals surface area (Å²) in [5.41, 5.74) is -0.665. The number of rotatable bonds is 5. The highest BCUT2D eigenvalue weighted by atomic mass is 32.2.